The maximum Gasteiger partial charge on any atom is 0.187 e. The number of nitrogens with two attached hydrogens (primary N) is 1. The van der Waals surface area contributed by atoms with Gasteiger partial charge in [0, 0.05) is 31.5 Å². The Balaban J connectivity index is 3.99. The fourth-order valence-electron chi connectivity index (χ4n) is 4.14. The quantitative estimate of drug-likeness (QED) is 0.0936. The van der Waals surface area contributed by atoms with Crippen LogP contribution in [0.4, 0.5) is 0 Å². The minimum Gasteiger partial charge on any atom is -0.455 e. The topological polar surface area (TPSA) is 103 Å². The van der Waals surface area contributed by atoms with Crippen LogP contribution in [0.1, 0.15) is 54.9 Å². The van der Waals surface area contributed by atoms with Gasteiger partial charge in [0.15, 0.2) is 16.6 Å². The standard InChI is InChI=1S/C30H68N2O7Si2/c1-25(2)18-35-22-29(6)37-15-13-33-19-26(3)12-17-40(8,9)39-41(10,11)24-32-28(5)21-34-14-16-38-30(7)23-36-20-27(4)31/h25-30,32H,12-24,31H2,1-11H3. The molecule has 0 aromatic heterocycles. The van der Waals surface area contributed by atoms with Crippen LogP contribution in [0.25, 0.3) is 0 Å². The first kappa shape index (κ1) is 41.1. The molecule has 0 aliphatic carbocycles. The lowest BCUT2D eigenvalue weighted by molar-refractivity contribution is -0.0367. The Kier molecular flexibility index (Phi) is 23.5. The molecule has 41 heavy (non-hydrogen) atoms. The molecule has 0 saturated carbocycles. The van der Waals surface area contributed by atoms with E-state index in [-0.39, 0.29) is 24.3 Å². The molecular weight excluding hydrogens is 557 g/mol. The fourth-order valence-corrected chi connectivity index (χ4v) is 12.8. The number of hydrogen-bond acceptors (Lipinski definition) is 9. The van der Waals surface area contributed by atoms with E-state index in [1.165, 1.54) is 0 Å². The summed E-state index contributed by atoms with van der Waals surface area (Å²) in [6, 6.07) is 1.45. The van der Waals surface area contributed by atoms with Crippen molar-refractivity contribution in [2.45, 2.75) is 111 Å². The number of hydrogen-bond donors (Lipinski definition) is 2. The van der Waals surface area contributed by atoms with Crippen LogP contribution in [0, 0.1) is 11.8 Å². The summed E-state index contributed by atoms with van der Waals surface area (Å²) in [7, 11) is -3.60. The second-order valence-corrected chi connectivity index (χ2v) is 22.2. The van der Waals surface area contributed by atoms with Gasteiger partial charge in [0.25, 0.3) is 0 Å². The number of nitrogens with one attached hydrogen (secondary N) is 1. The van der Waals surface area contributed by atoms with Gasteiger partial charge in [-0.05, 0) is 78.2 Å². The molecule has 5 atom stereocenters. The smallest absolute Gasteiger partial charge is 0.187 e. The molecule has 0 bridgehead atoms. The Morgan fingerprint density at radius 2 is 1.15 bits per heavy atom. The number of ether oxygens (including phenoxy) is 6. The van der Waals surface area contributed by atoms with Crippen molar-refractivity contribution in [1.29, 1.82) is 0 Å². The van der Waals surface area contributed by atoms with Gasteiger partial charge in [-0.3, -0.25) is 0 Å². The number of rotatable bonds is 28. The molecule has 0 rings (SSSR count). The van der Waals surface area contributed by atoms with E-state index in [4.69, 9.17) is 38.3 Å². The molecule has 248 valence electrons. The van der Waals surface area contributed by atoms with Gasteiger partial charge < -0.3 is 43.6 Å². The van der Waals surface area contributed by atoms with Crippen LogP contribution in [0.5, 0.6) is 0 Å². The molecule has 0 aliphatic heterocycles. The zero-order valence-corrected chi connectivity index (χ0v) is 30.6. The van der Waals surface area contributed by atoms with Gasteiger partial charge in [-0.15, -0.1) is 0 Å². The van der Waals surface area contributed by atoms with E-state index in [0.29, 0.717) is 64.7 Å². The van der Waals surface area contributed by atoms with Crippen molar-refractivity contribution in [3.63, 3.8) is 0 Å². The van der Waals surface area contributed by atoms with E-state index in [1.54, 1.807) is 0 Å². The fraction of sp³-hybridized carbons (Fsp3) is 1.00. The third kappa shape index (κ3) is 27.4. The van der Waals surface area contributed by atoms with E-state index < -0.39 is 16.6 Å². The maximum atomic E-state index is 6.82. The van der Waals surface area contributed by atoms with Gasteiger partial charge in [-0.2, -0.15) is 0 Å². The van der Waals surface area contributed by atoms with E-state index in [9.17, 15) is 0 Å². The van der Waals surface area contributed by atoms with Gasteiger partial charge in [0.2, 0.25) is 0 Å². The molecule has 0 amide bonds. The third-order valence-electron chi connectivity index (χ3n) is 6.24. The van der Waals surface area contributed by atoms with Crippen molar-refractivity contribution in [3.8, 4) is 0 Å². The highest BCUT2D eigenvalue weighted by Gasteiger charge is 2.33. The molecule has 0 aromatic carbocycles. The summed E-state index contributed by atoms with van der Waals surface area (Å²) in [6.07, 6.45) is 2.17. The van der Waals surface area contributed by atoms with Crippen molar-refractivity contribution in [2.24, 2.45) is 17.6 Å². The Bertz CT molecular complexity index is 565. The first-order chi connectivity index (χ1) is 19.1. The van der Waals surface area contributed by atoms with Crippen LogP contribution in [0.3, 0.4) is 0 Å². The zero-order valence-electron chi connectivity index (χ0n) is 28.6. The monoisotopic (exact) mass is 624 g/mol. The average molecular weight is 625 g/mol. The van der Waals surface area contributed by atoms with Gasteiger partial charge in [-0.1, -0.05) is 20.8 Å². The lowest BCUT2D eigenvalue weighted by atomic mass is 10.1. The Labute approximate surface area is 255 Å². The van der Waals surface area contributed by atoms with Crippen molar-refractivity contribution in [2.75, 3.05) is 72.2 Å². The van der Waals surface area contributed by atoms with Crippen LogP contribution in [0.15, 0.2) is 0 Å². The van der Waals surface area contributed by atoms with Gasteiger partial charge in [-0.25, -0.2) is 0 Å². The van der Waals surface area contributed by atoms with Crippen molar-refractivity contribution in [3.05, 3.63) is 0 Å². The Morgan fingerprint density at radius 3 is 1.68 bits per heavy atom. The molecule has 3 N–H and O–H groups in total. The molecule has 0 spiro atoms. The highest BCUT2D eigenvalue weighted by atomic mass is 28.4. The summed E-state index contributed by atoms with van der Waals surface area (Å²) in [5.41, 5.74) is 5.69. The first-order valence-electron chi connectivity index (χ1n) is 15.8. The van der Waals surface area contributed by atoms with Crippen molar-refractivity contribution in [1.82, 2.24) is 5.32 Å². The summed E-state index contributed by atoms with van der Waals surface area (Å²) in [4.78, 5) is 0. The molecule has 0 fully saturated rings. The zero-order chi connectivity index (χ0) is 31.3. The van der Waals surface area contributed by atoms with Gasteiger partial charge in [0.05, 0.1) is 65.1 Å². The van der Waals surface area contributed by atoms with E-state index in [0.717, 1.165) is 31.8 Å². The molecule has 0 aliphatic rings. The predicted molar refractivity (Wildman–Crippen MR) is 175 cm³/mol. The molecule has 0 saturated heterocycles. The first-order valence-corrected chi connectivity index (χ1v) is 22.1. The van der Waals surface area contributed by atoms with Crippen LogP contribution in [0.2, 0.25) is 32.2 Å². The molecule has 0 radical (unpaired) electrons. The SMILES string of the molecule is CC(C)COCC(C)OCCOCC(C)CC[Si](C)(C)O[Si](C)(C)CNC(C)COCCOC(C)COCC(C)N. The Hall–Kier alpha value is 0.0738. The van der Waals surface area contributed by atoms with Crippen LogP contribution in [-0.2, 0) is 32.5 Å². The van der Waals surface area contributed by atoms with Crippen LogP contribution < -0.4 is 11.1 Å². The minimum absolute atomic E-state index is 0.0356. The van der Waals surface area contributed by atoms with Crippen molar-refractivity contribution >= 4 is 16.6 Å². The highest BCUT2D eigenvalue weighted by Crippen LogP contribution is 2.22. The average Bonchev–Trinajstić information content (AvgIpc) is 2.85. The summed E-state index contributed by atoms with van der Waals surface area (Å²) in [5.74, 6) is 1.06. The Morgan fingerprint density at radius 1 is 0.610 bits per heavy atom. The highest BCUT2D eigenvalue weighted by molar-refractivity contribution is 6.84. The van der Waals surface area contributed by atoms with Crippen LogP contribution in [-0.4, -0.2) is 113 Å². The second-order valence-electron chi connectivity index (χ2n) is 13.5. The predicted octanol–water partition coefficient (Wildman–Crippen LogP) is 4.84. The molecule has 0 aromatic rings. The molecule has 0 heterocycles. The van der Waals surface area contributed by atoms with E-state index in [2.05, 4.69) is 59.2 Å². The second kappa shape index (κ2) is 23.5. The summed E-state index contributed by atoms with van der Waals surface area (Å²) >= 11 is 0. The normalized spacial score (nSPS) is 16.6. The summed E-state index contributed by atoms with van der Waals surface area (Å²) in [6.45, 7) is 30.3. The third-order valence-corrected chi connectivity index (χ3v) is 13.2. The van der Waals surface area contributed by atoms with Crippen molar-refractivity contribution < 1.29 is 32.5 Å². The van der Waals surface area contributed by atoms with Crippen LogP contribution >= 0.6 is 0 Å². The molecule has 9 nitrogen and oxygen atoms in total. The molecule has 5 unspecified atom stereocenters. The minimum atomic E-state index is -1.84. The summed E-state index contributed by atoms with van der Waals surface area (Å²) < 4.78 is 41.2. The van der Waals surface area contributed by atoms with Gasteiger partial charge >= 0.3 is 0 Å². The van der Waals surface area contributed by atoms with Gasteiger partial charge in [0.1, 0.15) is 0 Å². The molecule has 11 heteroatoms. The lowest BCUT2D eigenvalue weighted by Crippen LogP contribution is -2.52. The van der Waals surface area contributed by atoms with E-state index in [1.807, 2.05) is 20.8 Å². The maximum absolute atomic E-state index is 6.82. The lowest BCUT2D eigenvalue weighted by Gasteiger charge is -2.35. The summed E-state index contributed by atoms with van der Waals surface area (Å²) in [5, 5.41) is 3.63. The largest absolute Gasteiger partial charge is 0.455 e. The van der Waals surface area contributed by atoms with E-state index >= 15 is 0 Å². The molecular formula is C30H68N2O7Si2.